The number of rotatable bonds is 1. The molecule has 2 atom stereocenters. The second kappa shape index (κ2) is 6.20. The number of hydrogen-bond donors (Lipinski definition) is 0. The normalized spacial score (nSPS) is 22.1. The summed E-state index contributed by atoms with van der Waals surface area (Å²) >= 11 is 0. The standard InChI is InChI=1S/C20H24FN3O2/c1-11-7-14-5-6-24(10-16(14)17(21)8-11)20(25)19-15-9-12(2)26-13(3)18(15)22-23(19)4/h7-8,12-13H,5-6,9-10H2,1-4H3/t12-,13+/m1/s1. The van der Waals surface area contributed by atoms with Crippen molar-refractivity contribution in [2.45, 2.75) is 52.4 Å². The van der Waals surface area contributed by atoms with Crippen LogP contribution in [0, 0.1) is 12.7 Å². The number of hydrogen-bond acceptors (Lipinski definition) is 3. The number of carbonyl (C=O) groups excluding carboxylic acids is 1. The molecule has 0 bridgehead atoms. The minimum atomic E-state index is -0.222. The van der Waals surface area contributed by atoms with Crippen LogP contribution in [0.5, 0.6) is 0 Å². The predicted octanol–water partition coefficient (Wildman–Crippen LogP) is 3.09. The van der Waals surface area contributed by atoms with E-state index < -0.39 is 0 Å². The van der Waals surface area contributed by atoms with Crippen molar-refractivity contribution in [1.82, 2.24) is 14.7 Å². The molecule has 1 amide bonds. The summed E-state index contributed by atoms with van der Waals surface area (Å²) in [5, 5.41) is 4.53. The van der Waals surface area contributed by atoms with Gasteiger partial charge in [-0.3, -0.25) is 9.48 Å². The number of aryl methyl sites for hydroxylation is 2. The van der Waals surface area contributed by atoms with E-state index in [2.05, 4.69) is 5.10 Å². The lowest BCUT2D eigenvalue weighted by Crippen LogP contribution is -2.38. The summed E-state index contributed by atoms with van der Waals surface area (Å²) in [7, 11) is 1.80. The molecule has 0 unspecified atom stereocenters. The molecule has 0 spiro atoms. The predicted molar refractivity (Wildman–Crippen MR) is 95.5 cm³/mol. The molecule has 26 heavy (non-hydrogen) atoms. The summed E-state index contributed by atoms with van der Waals surface area (Å²) in [5.41, 5.74) is 4.99. The smallest absolute Gasteiger partial charge is 0.272 e. The van der Waals surface area contributed by atoms with Crippen LogP contribution in [0.2, 0.25) is 0 Å². The molecule has 0 radical (unpaired) electrons. The third-order valence-corrected chi connectivity index (χ3v) is 5.41. The van der Waals surface area contributed by atoms with Gasteiger partial charge in [0, 0.05) is 37.7 Å². The zero-order valence-electron chi connectivity index (χ0n) is 15.7. The summed E-state index contributed by atoms with van der Waals surface area (Å²) in [6.07, 6.45) is 1.28. The van der Waals surface area contributed by atoms with Crippen molar-refractivity contribution in [2.75, 3.05) is 6.54 Å². The van der Waals surface area contributed by atoms with Crippen LogP contribution in [-0.2, 0) is 31.2 Å². The van der Waals surface area contributed by atoms with Crippen molar-refractivity contribution < 1.29 is 13.9 Å². The number of carbonyl (C=O) groups is 1. The Hall–Kier alpha value is -2.21. The SMILES string of the molecule is Cc1cc(F)c2c(c1)CCN(C(=O)c1c3c(nn1C)[C@H](C)O[C@H](C)C3)C2. The fourth-order valence-electron chi connectivity index (χ4n) is 4.23. The van der Waals surface area contributed by atoms with E-state index in [9.17, 15) is 9.18 Å². The summed E-state index contributed by atoms with van der Waals surface area (Å²) in [6.45, 7) is 6.77. The molecule has 0 N–H and O–H groups in total. The number of aromatic nitrogens is 2. The largest absolute Gasteiger partial charge is 0.369 e. The third kappa shape index (κ3) is 2.72. The first-order chi connectivity index (χ1) is 12.3. The van der Waals surface area contributed by atoms with Crippen molar-refractivity contribution in [1.29, 1.82) is 0 Å². The Morgan fingerprint density at radius 2 is 2.08 bits per heavy atom. The first kappa shape index (κ1) is 17.2. The van der Waals surface area contributed by atoms with Crippen LogP contribution in [0.3, 0.4) is 0 Å². The van der Waals surface area contributed by atoms with E-state index in [-0.39, 0.29) is 23.9 Å². The summed E-state index contributed by atoms with van der Waals surface area (Å²) < 4.78 is 21.9. The van der Waals surface area contributed by atoms with E-state index in [0.29, 0.717) is 37.2 Å². The molecule has 2 aliphatic heterocycles. The maximum Gasteiger partial charge on any atom is 0.272 e. The van der Waals surface area contributed by atoms with Gasteiger partial charge in [-0.25, -0.2) is 4.39 Å². The average Bonchev–Trinajstić information content (AvgIpc) is 2.90. The maximum atomic E-state index is 14.4. The molecular weight excluding hydrogens is 333 g/mol. The molecule has 138 valence electrons. The van der Waals surface area contributed by atoms with Crippen LogP contribution >= 0.6 is 0 Å². The number of amides is 1. The van der Waals surface area contributed by atoms with Crippen LogP contribution in [0.1, 0.15) is 58.4 Å². The molecule has 6 heteroatoms. The lowest BCUT2D eigenvalue weighted by atomic mass is 9.95. The van der Waals surface area contributed by atoms with E-state index in [4.69, 9.17) is 4.74 Å². The van der Waals surface area contributed by atoms with Gasteiger partial charge >= 0.3 is 0 Å². The highest BCUT2D eigenvalue weighted by Crippen LogP contribution is 2.32. The Morgan fingerprint density at radius 1 is 1.31 bits per heavy atom. The Bertz CT molecular complexity index is 890. The van der Waals surface area contributed by atoms with E-state index in [1.807, 2.05) is 26.8 Å². The van der Waals surface area contributed by atoms with Gasteiger partial charge < -0.3 is 9.64 Å². The fourth-order valence-corrected chi connectivity index (χ4v) is 4.23. The number of ether oxygens (including phenoxy) is 1. The van der Waals surface area contributed by atoms with Crippen LogP contribution in [-0.4, -0.2) is 33.2 Å². The fraction of sp³-hybridized carbons (Fsp3) is 0.500. The lowest BCUT2D eigenvalue weighted by molar-refractivity contribution is -0.00714. The minimum absolute atomic E-state index is 0.0516. The third-order valence-electron chi connectivity index (χ3n) is 5.41. The van der Waals surface area contributed by atoms with E-state index in [0.717, 1.165) is 22.4 Å². The van der Waals surface area contributed by atoms with Crippen molar-refractivity contribution in [3.8, 4) is 0 Å². The van der Waals surface area contributed by atoms with Crippen molar-refractivity contribution in [3.05, 3.63) is 51.6 Å². The van der Waals surface area contributed by atoms with Crippen molar-refractivity contribution in [3.63, 3.8) is 0 Å². The second-order valence-electron chi connectivity index (χ2n) is 7.49. The number of benzene rings is 1. The van der Waals surface area contributed by atoms with Gasteiger partial charge in [-0.15, -0.1) is 0 Å². The highest BCUT2D eigenvalue weighted by Gasteiger charge is 2.34. The lowest BCUT2D eigenvalue weighted by Gasteiger charge is -2.30. The molecule has 0 fully saturated rings. The number of nitrogens with zero attached hydrogens (tertiary/aromatic N) is 3. The van der Waals surface area contributed by atoms with Gasteiger partial charge in [-0.1, -0.05) is 6.07 Å². The van der Waals surface area contributed by atoms with E-state index in [1.54, 1.807) is 22.7 Å². The Labute approximate surface area is 152 Å². The summed E-state index contributed by atoms with van der Waals surface area (Å²) in [5.74, 6) is -0.298. The molecule has 0 saturated carbocycles. The molecule has 3 heterocycles. The van der Waals surface area contributed by atoms with Gasteiger partial charge in [0.1, 0.15) is 11.5 Å². The van der Waals surface area contributed by atoms with Crippen LogP contribution < -0.4 is 0 Å². The monoisotopic (exact) mass is 357 g/mol. The average molecular weight is 357 g/mol. The van der Waals surface area contributed by atoms with E-state index in [1.165, 1.54) is 0 Å². The van der Waals surface area contributed by atoms with Gasteiger partial charge in [0.15, 0.2) is 0 Å². The molecule has 2 aliphatic rings. The molecule has 5 nitrogen and oxygen atoms in total. The molecule has 0 saturated heterocycles. The second-order valence-corrected chi connectivity index (χ2v) is 7.49. The molecule has 0 aliphatic carbocycles. The Balaban J connectivity index is 1.67. The first-order valence-electron chi connectivity index (χ1n) is 9.13. The molecule has 1 aromatic heterocycles. The number of fused-ring (bicyclic) bond motifs is 2. The van der Waals surface area contributed by atoms with Crippen molar-refractivity contribution >= 4 is 5.91 Å². The highest BCUT2D eigenvalue weighted by molar-refractivity contribution is 5.94. The summed E-state index contributed by atoms with van der Waals surface area (Å²) in [4.78, 5) is 15.0. The maximum absolute atomic E-state index is 14.4. The van der Waals surface area contributed by atoms with Gasteiger partial charge in [0.25, 0.3) is 5.91 Å². The van der Waals surface area contributed by atoms with Crippen molar-refractivity contribution in [2.24, 2.45) is 7.05 Å². The minimum Gasteiger partial charge on any atom is -0.369 e. The zero-order chi connectivity index (χ0) is 18.6. The zero-order valence-corrected chi connectivity index (χ0v) is 15.7. The highest BCUT2D eigenvalue weighted by atomic mass is 19.1. The molecule has 1 aromatic carbocycles. The Morgan fingerprint density at radius 3 is 2.85 bits per heavy atom. The quantitative estimate of drug-likeness (QED) is 0.788. The topological polar surface area (TPSA) is 47.4 Å². The van der Waals surface area contributed by atoms with Crippen LogP contribution in [0.4, 0.5) is 4.39 Å². The van der Waals surface area contributed by atoms with Gasteiger partial charge in [0.05, 0.1) is 17.9 Å². The van der Waals surface area contributed by atoms with Crippen LogP contribution in [0.25, 0.3) is 0 Å². The first-order valence-corrected chi connectivity index (χ1v) is 9.13. The number of halogens is 1. The Kier molecular flexibility index (Phi) is 4.10. The summed E-state index contributed by atoms with van der Waals surface area (Å²) in [6, 6.07) is 3.56. The molecule has 2 aromatic rings. The molecular formula is C20H24FN3O2. The van der Waals surface area contributed by atoms with Gasteiger partial charge in [-0.05, 0) is 44.4 Å². The molecule has 4 rings (SSSR count). The van der Waals surface area contributed by atoms with Gasteiger partial charge in [0.2, 0.25) is 0 Å². The van der Waals surface area contributed by atoms with Crippen LogP contribution in [0.15, 0.2) is 12.1 Å². The van der Waals surface area contributed by atoms with Gasteiger partial charge in [-0.2, -0.15) is 5.10 Å². The van der Waals surface area contributed by atoms with E-state index >= 15 is 0 Å².